The Morgan fingerprint density at radius 1 is 1.18 bits per heavy atom. The largest absolute Gasteiger partial charge is 0.348 e. The van der Waals surface area contributed by atoms with Crippen LogP contribution in [0.5, 0.6) is 0 Å². The van der Waals surface area contributed by atoms with Crippen molar-refractivity contribution in [3.8, 4) is 0 Å². The number of imidazole rings is 1. The van der Waals surface area contributed by atoms with Crippen LogP contribution in [-0.2, 0) is 11.3 Å². The summed E-state index contributed by atoms with van der Waals surface area (Å²) in [5.74, 6) is -0.708. The number of halogens is 1. The van der Waals surface area contributed by atoms with Gasteiger partial charge in [-0.2, -0.15) is 0 Å². The molecule has 6 nitrogen and oxygen atoms in total. The lowest BCUT2D eigenvalue weighted by Crippen LogP contribution is -2.53. The molecule has 1 aromatic heterocycles. The van der Waals surface area contributed by atoms with Gasteiger partial charge in [0.1, 0.15) is 5.82 Å². The molecule has 2 atom stereocenters. The standard InChI is InChI=1S/C26H27FN4O2/c27-23-9-2-1-8-21(23)22-16-31(17-26(22)11-4-3-10-24(32)29-26)25(33)20-7-5-6-19(14-20)15-30-13-12-28-18-30/h1-2,5-9,12-14,18,22H,3-4,10-11,15-17H2,(H,29,32)/t22-,26+/m0/s1. The highest BCUT2D eigenvalue weighted by Crippen LogP contribution is 2.42. The lowest BCUT2D eigenvalue weighted by atomic mass is 9.78. The Morgan fingerprint density at radius 3 is 2.88 bits per heavy atom. The molecule has 0 bridgehead atoms. The summed E-state index contributed by atoms with van der Waals surface area (Å²) in [7, 11) is 0. The van der Waals surface area contributed by atoms with Gasteiger partial charge in [-0.05, 0) is 42.2 Å². The molecule has 2 fully saturated rings. The molecular formula is C26H27FN4O2. The van der Waals surface area contributed by atoms with Crippen LogP contribution in [0, 0.1) is 5.82 Å². The van der Waals surface area contributed by atoms with E-state index in [0.29, 0.717) is 37.2 Å². The number of carbonyl (C=O) groups excluding carboxylic acids is 2. The highest BCUT2D eigenvalue weighted by molar-refractivity contribution is 5.95. The summed E-state index contributed by atoms with van der Waals surface area (Å²) in [6.45, 7) is 1.37. The summed E-state index contributed by atoms with van der Waals surface area (Å²) in [5.41, 5.74) is 1.50. The summed E-state index contributed by atoms with van der Waals surface area (Å²) >= 11 is 0. The first kappa shape index (κ1) is 21.4. The van der Waals surface area contributed by atoms with E-state index in [1.165, 1.54) is 6.07 Å². The number of likely N-dealkylation sites (tertiary alicyclic amines) is 1. The fraction of sp³-hybridized carbons (Fsp3) is 0.346. The fourth-order valence-corrected chi connectivity index (χ4v) is 5.30. The molecule has 3 aromatic rings. The van der Waals surface area contributed by atoms with Crippen molar-refractivity contribution >= 4 is 11.8 Å². The van der Waals surface area contributed by atoms with Crippen LogP contribution in [0.25, 0.3) is 0 Å². The van der Waals surface area contributed by atoms with Crippen molar-refractivity contribution in [2.75, 3.05) is 13.1 Å². The average molecular weight is 447 g/mol. The molecule has 7 heteroatoms. The predicted molar refractivity (Wildman–Crippen MR) is 122 cm³/mol. The zero-order valence-electron chi connectivity index (χ0n) is 18.4. The second-order valence-corrected chi connectivity index (χ2v) is 9.11. The molecule has 2 saturated heterocycles. The van der Waals surface area contributed by atoms with Gasteiger partial charge in [0.25, 0.3) is 5.91 Å². The van der Waals surface area contributed by atoms with Crippen LogP contribution in [0.2, 0.25) is 0 Å². The third-order valence-corrected chi connectivity index (χ3v) is 6.87. The lowest BCUT2D eigenvalue weighted by Gasteiger charge is -2.34. The van der Waals surface area contributed by atoms with E-state index in [-0.39, 0.29) is 23.5 Å². The Kier molecular flexibility index (Phi) is 5.70. The quantitative estimate of drug-likeness (QED) is 0.664. The van der Waals surface area contributed by atoms with Gasteiger partial charge < -0.3 is 14.8 Å². The van der Waals surface area contributed by atoms with E-state index >= 15 is 0 Å². The van der Waals surface area contributed by atoms with Crippen LogP contribution in [0.15, 0.2) is 67.3 Å². The molecule has 5 rings (SSSR count). The van der Waals surface area contributed by atoms with Crippen molar-refractivity contribution in [3.63, 3.8) is 0 Å². The smallest absolute Gasteiger partial charge is 0.253 e. The maximum Gasteiger partial charge on any atom is 0.253 e. The zero-order chi connectivity index (χ0) is 22.8. The number of carbonyl (C=O) groups is 2. The molecule has 3 heterocycles. The van der Waals surface area contributed by atoms with Gasteiger partial charge in [0, 0.05) is 49.9 Å². The van der Waals surface area contributed by atoms with Crippen molar-refractivity contribution in [1.29, 1.82) is 0 Å². The molecule has 0 saturated carbocycles. The maximum absolute atomic E-state index is 14.8. The summed E-state index contributed by atoms with van der Waals surface area (Å²) in [5, 5.41) is 3.20. The Balaban J connectivity index is 1.45. The van der Waals surface area contributed by atoms with Gasteiger partial charge in [0.2, 0.25) is 5.91 Å². The summed E-state index contributed by atoms with van der Waals surface area (Å²) in [6, 6.07) is 14.3. The lowest BCUT2D eigenvalue weighted by molar-refractivity contribution is -0.122. The van der Waals surface area contributed by atoms with Crippen molar-refractivity contribution < 1.29 is 14.0 Å². The molecule has 2 amide bonds. The number of aromatic nitrogens is 2. The van der Waals surface area contributed by atoms with Crippen LogP contribution in [0.3, 0.4) is 0 Å². The molecule has 1 spiro atoms. The van der Waals surface area contributed by atoms with E-state index in [1.54, 1.807) is 29.6 Å². The molecule has 0 aliphatic carbocycles. The molecule has 33 heavy (non-hydrogen) atoms. The zero-order valence-corrected chi connectivity index (χ0v) is 18.4. The van der Waals surface area contributed by atoms with Crippen molar-refractivity contribution in [3.05, 3.63) is 89.8 Å². The van der Waals surface area contributed by atoms with Gasteiger partial charge in [-0.3, -0.25) is 9.59 Å². The number of amides is 2. The monoisotopic (exact) mass is 446 g/mol. The first-order chi connectivity index (χ1) is 16.0. The van der Waals surface area contributed by atoms with Crippen LogP contribution in [0.4, 0.5) is 4.39 Å². The molecule has 2 aliphatic rings. The molecule has 1 N–H and O–H groups in total. The SMILES string of the molecule is O=C1CCCC[C@]2(CN(C(=O)c3cccc(Cn4ccnc4)c3)C[C@H]2c2ccccc2F)N1. The van der Waals surface area contributed by atoms with E-state index < -0.39 is 5.54 Å². The van der Waals surface area contributed by atoms with Crippen molar-refractivity contribution in [2.45, 2.75) is 43.7 Å². The minimum atomic E-state index is -0.653. The normalized spacial score (nSPS) is 22.9. The fourth-order valence-electron chi connectivity index (χ4n) is 5.30. The van der Waals surface area contributed by atoms with Crippen LogP contribution in [-0.4, -0.2) is 44.9 Å². The molecule has 2 aromatic carbocycles. The van der Waals surface area contributed by atoms with Crippen LogP contribution in [0.1, 0.15) is 53.1 Å². The number of rotatable bonds is 4. The minimum Gasteiger partial charge on any atom is -0.348 e. The van der Waals surface area contributed by atoms with Gasteiger partial charge in [-0.15, -0.1) is 0 Å². The topological polar surface area (TPSA) is 67.2 Å². The minimum absolute atomic E-state index is 0.0227. The van der Waals surface area contributed by atoms with Crippen molar-refractivity contribution in [1.82, 2.24) is 19.8 Å². The van der Waals surface area contributed by atoms with E-state index in [0.717, 1.165) is 24.8 Å². The first-order valence-electron chi connectivity index (χ1n) is 11.4. The first-order valence-corrected chi connectivity index (χ1v) is 11.4. The van der Waals surface area contributed by atoms with Gasteiger partial charge >= 0.3 is 0 Å². The summed E-state index contributed by atoms with van der Waals surface area (Å²) < 4.78 is 16.8. The van der Waals surface area contributed by atoms with E-state index in [9.17, 15) is 14.0 Å². The second kappa shape index (κ2) is 8.81. The third kappa shape index (κ3) is 4.27. The Bertz CT molecular complexity index is 1160. The third-order valence-electron chi connectivity index (χ3n) is 6.87. The van der Waals surface area contributed by atoms with Crippen LogP contribution >= 0.6 is 0 Å². The van der Waals surface area contributed by atoms with Crippen LogP contribution < -0.4 is 5.32 Å². The Labute approximate surface area is 192 Å². The number of hydrogen-bond acceptors (Lipinski definition) is 3. The molecule has 0 radical (unpaired) electrons. The van der Waals surface area contributed by atoms with Gasteiger partial charge in [0.15, 0.2) is 0 Å². The predicted octanol–water partition coefficient (Wildman–Crippen LogP) is 3.74. The van der Waals surface area contributed by atoms with Gasteiger partial charge in [0.05, 0.1) is 11.9 Å². The molecule has 2 aliphatic heterocycles. The molecule has 170 valence electrons. The number of nitrogens with one attached hydrogen (secondary N) is 1. The van der Waals surface area contributed by atoms with Gasteiger partial charge in [-0.25, -0.2) is 9.37 Å². The highest BCUT2D eigenvalue weighted by atomic mass is 19.1. The summed E-state index contributed by atoms with van der Waals surface area (Å²) in [4.78, 5) is 31.9. The number of benzene rings is 2. The van der Waals surface area contributed by atoms with Gasteiger partial charge in [-0.1, -0.05) is 36.8 Å². The van der Waals surface area contributed by atoms with E-state index in [4.69, 9.17) is 0 Å². The maximum atomic E-state index is 14.8. The van der Waals surface area contributed by atoms with E-state index in [1.807, 2.05) is 41.1 Å². The Morgan fingerprint density at radius 2 is 2.06 bits per heavy atom. The number of hydrogen-bond donors (Lipinski definition) is 1. The second-order valence-electron chi connectivity index (χ2n) is 9.11. The highest BCUT2D eigenvalue weighted by Gasteiger charge is 2.50. The molecular weight excluding hydrogens is 419 g/mol. The van der Waals surface area contributed by atoms with E-state index in [2.05, 4.69) is 10.3 Å². The Hall–Kier alpha value is -3.48. The average Bonchev–Trinajstić information content (AvgIpc) is 3.40. The molecule has 0 unspecified atom stereocenters. The number of nitrogens with zero attached hydrogens (tertiary/aromatic N) is 3. The van der Waals surface area contributed by atoms with Crippen molar-refractivity contribution in [2.24, 2.45) is 0 Å². The summed E-state index contributed by atoms with van der Waals surface area (Å²) in [6.07, 6.45) is 8.22.